The van der Waals surface area contributed by atoms with Crippen LogP contribution in [0.4, 0.5) is 5.82 Å². The van der Waals surface area contributed by atoms with Crippen LogP contribution in [0.2, 0.25) is 0 Å². The summed E-state index contributed by atoms with van der Waals surface area (Å²) in [5.74, 6) is 0.911. The summed E-state index contributed by atoms with van der Waals surface area (Å²) in [4.78, 5) is 18.2. The van der Waals surface area contributed by atoms with Crippen LogP contribution in [0.15, 0.2) is 18.3 Å². The number of hydrogen-bond donors (Lipinski definition) is 2. The van der Waals surface area contributed by atoms with Crippen LogP contribution in [0.5, 0.6) is 0 Å². The molecule has 0 aliphatic carbocycles. The Kier molecular flexibility index (Phi) is 5.31. The van der Waals surface area contributed by atoms with E-state index < -0.39 is 0 Å². The second kappa shape index (κ2) is 7.21. The van der Waals surface area contributed by atoms with E-state index in [9.17, 15) is 4.79 Å². The molecule has 0 spiro atoms. The van der Waals surface area contributed by atoms with E-state index in [0.717, 1.165) is 24.5 Å². The monoisotopic (exact) mass is 278 g/mol. The Morgan fingerprint density at radius 3 is 3.15 bits per heavy atom. The van der Waals surface area contributed by atoms with Crippen LogP contribution in [0, 0.1) is 0 Å². The van der Waals surface area contributed by atoms with Crippen molar-refractivity contribution in [3.05, 3.63) is 23.9 Å². The average molecular weight is 278 g/mol. The highest BCUT2D eigenvalue weighted by Crippen LogP contribution is 2.13. The number of carbonyl (C=O) groups is 1. The summed E-state index contributed by atoms with van der Waals surface area (Å²) in [6.45, 7) is 2.63. The second-order valence-electron chi connectivity index (χ2n) is 5.09. The largest absolute Gasteiger partial charge is 0.378 e. The number of aromatic nitrogens is 1. The molecule has 1 unspecified atom stereocenters. The Hall–Kier alpha value is -1.66. The molecule has 20 heavy (non-hydrogen) atoms. The van der Waals surface area contributed by atoms with Gasteiger partial charge in [0.25, 0.3) is 0 Å². The first-order valence-electron chi connectivity index (χ1n) is 6.86. The molecule has 1 aromatic heterocycles. The van der Waals surface area contributed by atoms with Crippen LogP contribution in [0.1, 0.15) is 12.0 Å². The van der Waals surface area contributed by atoms with E-state index in [0.29, 0.717) is 19.6 Å². The van der Waals surface area contributed by atoms with Gasteiger partial charge < -0.3 is 20.3 Å². The highest BCUT2D eigenvalue weighted by Gasteiger charge is 2.17. The molecule has 1 saturated heterocycles. The van der Waals surface area contributed by atoms with Gasteiger partial charge in [-0.1, -0.05) is 6.07 Å². The van der Waals surface area contributed by atoms with Gasteiger partial charge in [-0.05, 0) is 6.07 Å². The summed E-state index contributed by atoms with van der Waals surface area (Å²) in [7, 11) is 3.88. The predicted molar refractivity (Wildman–Crippen MR) is 77.6 cm³/mol. The molecular weight excluding hydrogens is 256 g/mol. The van der Waals surface area contributed by atoms with Crippen molar-refractivity contribution in [1.82, 2.24) is 15.6 Å². The van der Waals surface area contributed by atoms with Gasteiger partial charge in [-0.25, -0.2) is 4.98 Å². The lowest BCUT2D eigenvalue weighted by molar-refractivity contribution is -0.122. The number of anilines is 1. The molecule has 1 fully saturated rings. The minimum absolute atomic E-state index is 0.0292. The smallest absolute Gasteiger partial charge is 0.221 e. The highest BCUT2D eigenvalue weighted by molar-refractivity contribution is 5.76. The van der Waals surface area contributed by atoms with Crippen LogP contribution in [0.25, 0.3) is 0 Å². The van der Waals surface area contributed by atoms with E-state index in [-0.39, 0.29) is 11.9 Å². The Balaban J connectivity index is 1.83. The Bertz CT molecular complexity index is 445. The molecule has 1 aliphatic rings. The summed E-state index contributed by atoms with van der Waals surface area (Å²) in [5, 5.41) is 6.21. The zero-order valence-corrected chi connectivity index (χ0v) is 12.1. The van der Waals surface area contributed by atoms with Crippen molar-refractivity contribution in [1.29, 1.82) is 0 Å². The van der Waals surface area contributed by atoms with Crippen molar-refractivity contribution in [2.75, 3.05) is 38.8 Å². The van der Waals surface area contributed by atoms with Crippen molar-refractivity contribution in [2.24, 2.45) is 0 Å². The summed E-state index contributed by atoms with van der Waals surface area (Å²) >= 11 is 0. The first kappa shape index (κ1) is 14.7. The van der Waals surface area contributed by atoms with Crippen molar-refractivity contribution >= 4 is 11.7 Å². The topological polar surface area (TPSA) is 66.5 Å². The summed E-state index contributed by atoms with van der Waals surface area (Å²) < 4.78 is 5.34. The van der Waals surface area contributed by atoms with Gasteiger partial charge >= 0.3 is 0 Å². The van der Waals surface area contributed by atoms with Gasteiger partial charge in [0.05, 0.1) is 13.2 Å². The number of morpholine rings is 1. The molecule has 1 amide bonds. The summed E-state index contributed by atoms with van der Waals surface area (Å²) in [6.07, 6.45) is 2.20. The minimum Gasteiger partial charge on any atom is -0.378 e. The predicted octanol–water partition coefficient (Wildman–Crippen LogP) is 0.142. The standard InChI is InChI=1S/C14H22N4O2/c1-18(2)14-11(4-3-5-16-14)9-17-13(19)8-12-10-20-7-6-15-12/h3-5,12,15H,6-10H2,1-2H3,(H,17,19). The van der Waals surface area contributed by atoms with Crippen LogP contribution >= 0.6 is 0 Å². The first-order chi connectivity index (χ1) is 9.66. The minimum atomic E-state index is 0.0292. The molecule has 1 atom stereocenters. The molecule has 0 bridgehead atoms. The number of ether oxygens (including phenoxy) is 1. The maximum absolute atomic E-state index is 11.9. The van der Waals surface area contributed by atoms with Gasteiger partial charge in [0.1, 0.15) is 5.82 Å². The fourth-order valence-corrected chi connectivity index (χ4v) is 2.21. The Labute approximate surface area is 119 Å². The molecule has 0 saturated carbocycles. The number of amides is 1. The molecule has 2 heterocycles. The van der Waals surface area contributed by atoms with Crippen LogP contribution < -0.4 is 15.5 Å². The van der Waals surface area contributed by atoms with Gasteiger partial charge in [-0.2, -0.15) is 0 Å². The highest BCUT2D eigenvalue weighted by atomic mass is 16.5. The zero-order chi connectivity index (χ0) is 14.4. The van der Waals surface area contributed by atoms with E-state index in [1.807, 2.05) is 31.1 Å². The van der Waals surface area contributed by atoms with E-state index in [4.69, 9.17) is 4.74 Å². The average Bonchev–Trinajstić information content (AvgIpc) is 2.46. The SMILES string of the molecule is CN(C)c1ncccc1CNC(=O)CC1COCCN1. The fraction of sp³-hybridized carbons (Fsp3) is 0.571. The van der Waals surface area contributed by atoms with E-state index in [2.05, 4.69) is 15.6 Å². The molecule has 110 valence electrons. The molecule has 1 aromatic rings. The van der Waals surface area contributed by atoms with Crippen LogP contribution in [0.3, 0.4) is 0 Å². The maximum atomic E-state index is 11.9. The molecular formula is C14H22N4O2. The third-order valence-electron chi connectivity index (χ3n) is 3.20. The number of hydrogen-bond acceptors (Lipinski definition) is 5. The van der Waals surface area contributed by atoms with Crippen molar-refractivity contribution in [2.45, 2.75) is 19.0 Å². The lowest BCUT2D eigenvalue weighted by atomic mass is 10.2. The molecule has 1 aliphatic heterocycles. The quantitative estimate of drug-likeness (QED) is 0.802. The fourth-order valence-electron chi connectivity index (χ4n) is 2.21. The number of nitrogens with one attached hydrogen (secondary N) is 2. The molecule has 6 nitrogen and oxygen atoms in total. The van der Waals surface area contributed by atoms with Crippen LogP contribution in [-0.4, -0.2) is 50.8 Å². The first-order valence-corrected chi connectivity index (χ1v) is 6.86. The number of carbonyl (C=O) groups excluding carboxylic acids is 1. The number of nitrogens with zero attached hydrogens (tertiary/aromatic N) is 2. The van der Waals surface area contributed by atoms with E-state index >= 15 is 0 Å². The maximum Gasteiger partial charge on any atom is 0.221 e. The number of pyridine rings is 1. The van der Waals surface area contributed by atoms with Gasteiger partial charge in [-0.3, -0.25) is 4.79 Å². The normalized spacial score (nSPS) is 18.6. The molecule has 2 N–H and O–H groups in total. The summed E-state index contributed by atoms with van der Waals surface area (Å²) in [5.41, 5.74) is 1.01. The molecule has 0 aromatic carbocycles. The molecule has 2 rings (SSSR count). The lowest BCUT2D eigenvalue weighted by Crippen LogP contribution is -2.44. The molecule has 0 radical (unpaired) electrons. The van der Waals surface area contributed by atoms with Gasteiger partial charge in [-0.15, -0.1) is 0 Å². The van der Waals surface area contributed by atoms with E-state index in [1.165, 1.54) is 0 Å². The zero-order valence-electron chi connectivity index (χ0n) is 12.1. The molecule has 6 heteroatoms. The van der Waals surface area contributed by atoms with Crippen LogP contribution in [-0.2, 0) is 16.1 Å². The number of rotatable bonds is 5. The Morgan fingerprint density at radius 2 is 2.45 bits per heavy atom. The van der Waals surface area contributed by atoms with E-state index in [1.54, 1.807) is 6.20 Å². The van der Waals surface area contributed by atoms with Crippen molar-refractivity contribution < 1.29 is 9.53 Å². The van der Waals surface area contributed by atoms with Crippen molar-refractivity contribution in [3.8, 4) is 0 Å². The lowest BCUT2D eigenvalue weighted by Gasteiger charge is -2.23. The second-order valence-corrected chi connectivity index (χ2v) is 5.09. The van der Waals surface area contributed by atoms with Crippen molar-refractivity contribution in [3.63, 3.8) is 0 Å². The van der Waals surface area contributed by atoms with Gasteiger partial charge in [0.2, 0.25) is 5.91 Å². The van der Waals surface area contributed by atoms with Gasteiger partial charge in [0, 0.05) is 51.4 Å². The van der Waals surface area contributed by atoms with Gasteiger partial charge in [0.15, 0.2) is 0 Å². The summed E-state index contributed by atoms with van der Waals surface area (Å²) in [6, 6.07) is 3.97. The third-order valence-corrected chi connectivity index (χ3v) is 3.20. The Morgan fingerprint density at radius 1 is 1.60 bits per heavy atom. The third kappa shape index (κ3) is 4.18.